The Morgan fingerprint density at radius 1 is 1.45 bits per heavy atom. The van der Waals surface area contributed by atoms with Crippen LogP contribution in [0.4, 0.5) is 5.82 Å². The molecule has 1 aliphatic rings. The average molecular weight is 322 g/mol. The molecule has 1 aromatic heterocycles. The minimum Gasteiger partial charge on any atom is -0.355 e. The molecule has 2 heterocycles. The number of carbonyl (C=O) groups is 1. The van der Waals surface area contributed by atoms with Crippen LogP contribution >= 0.6 is 11.8 Å². The van der Waals surface area contributed by atoms with E-state index in [4.69, 9.17) is 0 Å². The normalized spacial score (nSPS) is 17.3. The van der Waals surface area contributed by atoms with E-state index >= 15 is 0 Å². The van der Waals surface area contributed by atoms with Crippen LogP contribution in [0, 0.1) is 5.92 Å². The maximum atomic E-state index is 12.6. The van der Waals surface area contributed by atoms with E-state index in [9.17, 15) is 4.79 Å². The first kappa shape index (κ1) is 17.1. The van der Waals surface area contributed by atoms with Gasteiger partial charge in [-0.15, -0.1) is 0 Å². The standard InChI is InChI=1S/C16H26N4OS/c1-4-22-12-13(2)19(3)16(21)14-5-9-20(10-6-14)15-11-17-7-8-18-15/h7-8,11,13-14H,4-6,9-10,12H2,1-3H3. The third-order valence-corrected chi connectivity index (χ3v) is 5.42. The predicted molar refractivity (Wildman–Crippen MR) is 92.2 cm³/mol. The third-order valence-electron chi connectivity index (χ3n) is 4.29. The van der Waals surface area contributed by atoms with Crippen LogP contribution in [0.3, 0.4) is 0 Å². The van der Waals surface area contributed by atoms with Crippen LogP contribution in [0.15, 0.2) is 18.6 Å². The van der Waals surface area contributed by atoms with Crippen LogP contribution in [0.1, 0.15) is 26.7 Å². The first-order chi connectivity index (χ1) is 10.6. The highest BCUT2D eigenvalue weighted by atomic mass is 32.2. The molecule has 1 fully saturated rings. The van der Waals surface area contributed by atoms with Gasteiger partial charge < -0.3 is 9.80 Å². The summed E-state index contributed by atoms with van der Waals surface area (Å²) in [6.07, 6.45) is 6.98. The van der Waals surface area contributed by atoms with Gasteiger partial charge in [0.1, 0.15) is 5.82 Å². The highest BCUT2D eigenvalue weighted by molar-refractivity contribution is 7.99. The van der Waals surface area contributed by atoms with E-state index in [2.05, 4.69) is 28.7 Å². The van der Waals surface area contributed by atoms with Crippen molar-refractivity contribution in [3.8, 4) is 0 Å². The first-order valence-corrected chi connectivity index (χ1v) is 9.14. The monoisotopic (exact) mass is 322 g/mol. The van der Waals surface area contributed by atoms with Crippen molar-refractivity contribution in [3.63, 3.8) is 0 Å². The van der Waals surface area contributed by atoms with Crippen molar-refractivity contribution in [2.75, 3.05) is 36.5 Å². The first-order valence-electron chi connectivity index (χ1n) is 7.98. The maximum absolute atomic E-state index is 12.6. The quantitative estimate of drug-likeness (QED) is 0.804. The van der Waals surface area contributed by atoms with Gasteiger partial charge in [-0.1, -0.05) is 6.92 Å². The SMILES string of the molecule is CCSCC(C)N(C)C(=O)C1CCN(c2cnccn2)CC1. The number of nitrogens with zero attached hydrogens (tertiary/aromatic N) is 4. The fraction of sp³-hybridized carbons (Fsp3) is 0.688. The predicted octanol–water partition coefficient (Wildman–Crippen LogP) is 2.29. The zero-order valence-electron chi connectivity index (χ0n) is 13.7. The molecule has 22 heavy (non-hydrogen) atoms. The summed E-state index contributed by atoms with van der Waals surface area (Å²) in [6, 6.07) is 0.301. The minimum atomic E-state index is 0.145. The lowest BCUT2D eigenvalue weighted by molar-refractivity contribution is -0.136. The van der Waals surface area contributed by atoms with Gasteiger partial charge in [-0.2, -0.15) is 11.8 Å². The van der Waals surface area contributed by atoms with Crippen LogP contribution in [0.2, 0.25) is 0 Å². The number of rotatable bonds is 6. The fourth-order valence-electron chi connectivity index (χ4n) is 2.72. The molecule has 5 nitrogen and oxygen atoms in total. The van der Waals surface area contributed by atoms with Crippen molar-refractivity contribution in [1.29, 1.82) is 0 Å². The smallest absolute Gasteiger partial charge is 0.225 e. The number of carbonyl (C=O) groups excluding carboxylic acids is 1. The number of hydrogen-bond acceptors (Lipinski definition) is 5. The van der Waals surface area contributed by atoms with Crippen LogP contribution in [-0.2, 0) is 4.79 Å². The molecular formula is C16H26N4OS. The second-order valence-corrected chi connectivity index (χ2v) is 7.10. The van der Waals surface area contributed by atoms with Crippen LogP contribution < -0.4 is 4.90 Å². The number of piperidine rings is 1. The van der Waals surface area contributed by atoms with E-state index in [1.165, 1.54) is 0 Å². The molecule has 1 unspecified atom stereocenters. The summed E-state index contributed by atoms with van der Waals surface area (Å²) < 4.78 is 0. The molecule has 0 N–H and O–H groups in total. The second-order valence-electron chi connectivity index (χ2n) is 5.78. The van der Waals surface area contributed by atoms with E-state index in [0.29, 0.717) is 11.9 Å². The van der Waals surface area contributed by atoms with Crippen LogP contribution in [-0.4, -0.2) is 58.5 Å². The summed E-state index contributed by atoms with van der Waals surface area (Å²) in [5, 5.41) is 0. The summed E-state index contributed by atoms with van der Waals surface area (Å²) >= 11 is 1.89. The van der Waals surface area contributed by atoms with E-state index in [-0.39, 0.29) is 5.92 Å². The molecule has 1 aliphatic heterocycles. The molecule has 0 aliphatic carbocycles. The van der Waals surface area contributed by atoms with E-state index in [1.807, 2.05) is 23.7 Å². The van der Waals surface area contributed by atoms with Crippen molar-refractivity contribution in [2.24, 2.45) is 5.92 Å². The lowest BCUT2D eigenvalue weighted by Crippen LogP contribution is -2.45. The Balaban J connectivity index is 1.84. The minimum absolute atomic E-state index is 0.145. The molecule has 0 radical (unpaired) electrons. The van der Waals surface area contributed by atoms with Crippen molar-refractivity contribution in [1.82, 2.24) is 14.9 Å². The Morgan fingerprint density at radius 3 is 2.77 bits per heavy atom. The van der Waals surface area contributed by atoms with E-state index in [1.54, 1.807) is 18.6 Å². The molecule has 0 bridgehead atoms. The molecule has 1 saturated heterocycles. The average Bonchev–Trinajstić information content (AvgIpc) is 2.59. The summed E-state index contributed by atoms with van der Waals surface area (Å²) in [6.45, 7) is 6.04. The molecule has 0 saturated carbocycles. The number of anilines is 1. The Labute approximate surface area is 137 Å². The van der Waals surface area contributed by atoms with Gasteiger partial charge in [0.05, 0.1) is 6.20 Å². The second kappa shape index (κ2) is 8.36. The summed E-state index contributed by atoms with van der Waals surface area (Å²) in [5.41, 5.74) is 0. The highest BCUT2D eigenvalue weighted by Crippen LogP contribution is 2.23. The Kier molecular flexibility index (Phi) is 6.49. The fourth-order valence-corrected chi connectivity index (χ4v) is 3.52. The molecule has 1 amide bonds. The lowest BCUT2D eigenvalue weighted by atomic mass is 9.95. The largest absolute Gasteiger partial charge is 0.355 e. The summed E-state index contributed by atoms with van der Waals surface area (Å²) in [4.78, 5) is 25.2. The Bertz CT molecular complexity index is 462. The van der Waals surface area contributed by atoms with Crippen molar-refractivity contribution in [3.05, 3.63) is 18.6 Å². The summed E-state index contributed by atoms with van der Waals surface area (Å²) in [5.74, 6) is 3.46. The van der Waals surface area contributed by atoms with Crippen molar-refractivity contribution >= 4 is 23.5 Å². The van der Waals surface area contributed by atoms with Gasteiger partial charge in [-0.05, 0) is 25.5 Å². The van der Waals surface area contributed by atoms with Gasteiger partial charge in [0.25, 0.3) is 0 Å². The molecular weight excluding hydrogens is 296 g/mol. The van der Waals surface area contributed by atoms with Gasteiger partial charge in [0, 0.05) is 50.2 Å². The number of aromatic nitrogens is 2. The third kappa shape index (κ3) is 4.35. The number of hydrogen-bond donors (Lipinski definition) is 0. The van der Waals surface area contributed by atoms with Gasteiger partial charge in [-0.25, -0.2) is 4.98 Å². The maximum Gasteiger partial charge on any atom is 0.225 e. The summed E-state index contributed by atoms with van der Waals surface area (Å²) in [7, 11) is 1.94. The zero-order chi connectivity index (χ0) is 15.9. The van der Waals surface area contributed by atoms with Crippen LogP contribution in [0.25, 0.3) is 0 Å². The molecule has 1 aromatic rings. The molecule has 0 spiro atoms. The molecule has 0 aromatic carbocycles. The molecule has 122 valence electrons. The Morgan fingerprint density at radius 2 is 2.18 bits per heavy atom. The molecule has 2 rings (SSSR count). The Hall–Kier alpha value is -1.30. The van der Waals surface area contributed by atoms with Crippen molar-refractivity contribution in [2.45, 2.75) is 32.7 Å². The van der Waals surface area contributed by atoms with Gasteiger partial charge in [-0.3, -0.25) is 9.78 Å². The van der Waals surface area contributed by atoms with Gasteiger partial charge in [0.2, 0.25) is 5.91 Å². The highest BCUT2D eigenvalue weighted by Gasteiger charge is 2.29. The number of amides is 1. The van der Waals surface area contributed by atoms with Crippen LogP contribution in [0.5, 0.6) is 0 Å². The lowest BCUT2D eigenvalue weighted by Gasteiger charge is -2.35. The van der Waals surface area contributed by atoms with Crippen molar-refractivity contribution < 1.29 is 4.79 Å². The zero-order valence-corrected chi connectivity index (χ0v) is 14.6. The number of thioether (sulfide) groups is 1. The topological polar surface area (TPSA) is 49.3 Å². The van der Waals surface area contributed by atoms with E-state index < -0.39 is 0 Å². The van der Waals surface area contributed by atoms with Gasteiger partial charge in [0.15, 0.2) is 0 Å². The molecule has 6 heteroatoms. The molecule has 1 atom stereocenters. The van der Waals surface area contributed by atoms with E-state index in [0.717, 1.165) is 43.3 Å². The van der Waals surface area contributed by atoms with Gasteiger partial charge >= 0.3 is 0 Å².